The van der Waals surface area contributed by atoms with Gasteiger partial charge in [-0.05, 0) is 28.8 Å². The normalized spacial score (nSPS) is 10.4. The number of hydrogen-bond acceptors (Lipinski definition) is 4. The van der Waals surface area contributed by atoms with Crippen LogP contribution in [0.4, 0.5) is 0 Å². The molecule has 128 valence electrons. The van der Waals surface area contributed by atoms with Gasteiger partial charge in [0, 0.05) is 17.5 Å². The molecule has 0 radical (unpaired) electrons. The van der Waals surface area contributed by atoms with Crippen LogP contribution < -0.4 is 45.0 Å². The van der Waals surface area contributed by atoms with Gasteiger partial charge in [-0.1, -0.05) is 60.3 Å². The van der Waals surface area contributed by atoms with Crippen LogP contribution in [0.5, 0.6) is 11.5 Å². The van der Waals surface area contributed by atoms with Gasteiger partial charge in [-0.2, -0.15) is 0 Å². The Hall–Kier alpha value is -2.53. The first-order valence-corrected chi connectivity index (χ1v) is 8.22. The first kappa shape index (κ1) is 19.2. The predicted octanol–water partition coefficient (Wildman–Crippen LogP) is 1.12. The molecule has 0 amide bonds. The molecular weight excluding hydrogens is 351 g/mol. The van der Waals surface area contributed by atoms with E-state index in [1.807, 2.05) is 36.4 Å². The zero-order valence-electron chi connectivity index (χ0n) is 14.8. The van der Waals surface area contributed by atoms with Crippen molar-refractivity contribution in [2.24, 2.45) is 0 Å². The average molecular weight is 366 g/mol. The first-order chi connectivity index (χ1) is 12.7. The van der Waals surface area contributed by atoms with Gasteiger partial charge in [-0.25, -0.2) is 4.79 Å². The topological polar surface area (TPSA) is 62.5 Å². The zero-order valence-corrected chi connectivity index (χ0v) is 16.8. The molecule has 0 N–H and O–H groups in total. The quantitative estimate of drug-likeness (QED) is 0.401. The third-order valence-corrected chi connectivity index (χ3v) is 4.17. The summed E-state index contributed by atoms with van der Waals surface area (Å²) in [7, 11) is 0. The fourth-order valence-electron chi connectivity index (χ4n) is 2.91. The van der Waals surface area contributed by atoms with Gasteiger partial charge in [0.2, 0.25) is 0 Å². The summed E-state index contributed by atoms with van der Waals surface area (Å²) in [6.07, 6.45) is 0. The van der Waals surface area contributed by atoms with Crippen molar-refractivity contribution < 1.29 is 43.8 Å². The molecule has 1 aromatic heterocycles. The summed E-state index contributed by atoms with van der Waals surface area (Å²) in [6.45, 7) is 0.359. The molecule has 0 atom stereocenters. The van der Waals surface area contributed by atoms with Gasteiger partial charge in [-0.3, -0.25) is 0 Å². The van der Waals surface area contributed by atoms with Crippen LogP contribution in [0.1, 0.15) is 5.56 Å². The van der Waals surface area contributed by atoms with Crippen molar-refractivity contribution in [1.29, 1.82) is 0 Å². The van der Waals surface area contributed by atoms with Crippen molar-refractivity contribution in [3.8, 4) is 22.6 Å². The van der Waals surface area contributed by atoms with Gasteiger partial charge in [0.25, 0.3) is 0 Å². The van der Waals surface area contributed by atoms with Crippen LogP contribution in [0.3, 0.4) is 0 Å². The molecule has 5 heteroatoms. The Labute approximate surface area is 178 Å². The molecule has 0 bridgehead atoms. The van der Waals surface area contributed by atoms with E-state index in [0.29, 0.717) is 17.7 Å². The average Bonchev–Trinajstić information content (AvgIpc) is 2.67. The molecule has 4 nitrogen and oxygen atoms in total. The van der Waals surface area contributed by atoms with Crippen molar-refractivity contribution in [3.63, 3.8) is 0 Å². The molecule has 0 spiro atoms. The van der Waals surface area contributed by atoms with E-state index in [1.165, 1.54) is 0 Å². The summed E-state index contributed by atoms with van der Waals surface area (Å²) in [5.41, 5.74) is 2.83. The maximum absolute atomic E-state index is 11.8. The third kappa shape index (κ3) is 4.25. The van der Waals surface area contributed by atoms with Gasteiger partial charge >= 0.3 is 35.2 Å². The Balaban J connectivity index is 0.00000210. The monoisotopic (exact) mass is 366 g/mol. The molecule has 0 aliphatic carbocycles. The Morgan fingerprint density at radius 1 is 0.889 bits per heavy atom. The number of benzene rings is 3. The maximum atomic E-state index is 11.8. The number of rotatable bonds is 4. The summed E-state index contributed by atoms with van der Waals surface area (Å²) in [5.74, 6) is 0.186. The van der Waals surface area contributed by atoms with Crippen LogP contribution in [-0.2, 0) is 6.61 Å². The van der Waals surface area contributed by atoms with Crippen molar-refractivity contribution in [2.45, 2.75) is 6.61 Å². The zero-order chi connectivity index (χ0) is 17.9. The fraction of sp³-hybridized carbons (Fsp3) is 0.0455. The summed E-state index contributed by atoms with van der Waals surface area (Å²) in [6, 6.07) is 23.9. The third-order valence-electron chi connectivity index (χ3n) is 4.17. The van der Waals surface area contributed by atoms with E-state index in [1.54, 1.807) is 18.2 Å². The second kappa shape index (κ2) is 8.44. The molecule has 4 aromatic rings. The van der Waals surface area contributed by atoms with Crippen LogP contribution in [0, 0.1) is 0 Å². The molecule has 27 heavy (non-hydrogen) atoms. The summed E-state index contributed by atoms with van der Waals surface area (Å²) < 4.78 is 11.0. The Morgan fingerprint density at radius 3 is 2.44 bits per heavy atom. The van der Waals surface area contributed by atoms with Gasteiger partial charge in [0.05, 0.1) is 0 Å². The largest absolute Gasteiger partial charge is 1.00 e. The van der Waals surface area contributed by atoms with Crippen molar-refractivity contribution in [1.82, 2.24) is 0 Å². The second-order valence-electron chi connectivity index (χ2n) is 5.90. The Morgan fingerprint density at radius 2 is 1.63 bits per heavy atom. The molecule has 0 aliphatic heterocycles. The van der Waals surface area contributed by atoms with Crippen LogP contribution in [0.25, 0.3) is 22.1 Å². The minimum Gasteiger partial charge on any atom is -0.872 e. The molecule has 4 rings (SSSR count). The van der Waals surface area contributed by atoms with E-state index >= 15 is 0 Å². The minimum absolute atomic E-state index is 0. The first-order valence-electron chi connectivity index (χ1n) is 8.22. The van der Waals surface area contributed by atoms with Gasteiger partial charge in [0.1, 0.15) is 17.9 Å². The minimum atomic E-state index is -0.658. The molecule has 0 saturated heterocycles. The molecular formula is C22H15NaO4. The molecule has 0 saturated carbocycles. The summed E-state index contributed by atoms with van der Waals surface area (Å²) >= 11 is 0. The van der Waals surface area contributed by atoms with E-state index in [9.17, 15) is 9.90 Å². The molecule has 0 fully saturated rings. The van der Waals surface area contributed by atoms with Crippen LogP contribution in [0.15, 0.2) is 88.1 Å². The van der Waals surface area contributed by atoms with Gasteiger partial charge in [-0.15, -0.1) is 0 Å². The van der Waals surface area contributed by atoms with E-state index < -0.39 is 5.63 Å². The second-order valence-corrected chi connectivity index (χ2v) is 5.90. The van der Waals surface area contributed by atoms with Gasteiger partial charge in [0.15, 0.2) is 0 Å². The molecule has 0 aliphatic rings. The fourth-order valence-corrected chi connectivity index (χ4v) is 2.91. The van der Waals surface area contributed by atoms with Crippen molar-refractivity contribution >= 4 is 11.0 Å². The van der Waals surface area contributed by atoms with Gasteiger partial charge < -0.3 is 14.3 Å². The maximum Gasteiger partial charge on any atom is 1.00 e. The van der Waals surface area contributed by atoms with E-state index in [4.69, 9.17) is 9.15 Å². The number of hydrogen-bond donors (Lipinski definition) is 0. The van der Waals surface area contributed by atoms with Crippen molar-refractivity contribution in [2.75, 3.05) is 0 Å². The van der Waals surface area contributed by atoms with E-state index in [2.05, 4.69) is 18.2 Å². The molecule has 0 unspecified atom stereocenters. The predicted molar refractivity (Wildman–Crippen MR) is 98.1 cm³/mol. The van der Waals surface area contributed by atoms with Crippen molar-refractivity contribution in [3.05, 3.63) is 94.8 Å². The summed E-state index contributed by atoms with van der Waals surface area (Å²) in [5, 5.41) is 12.2. The summed E-state index contributed by atoms with van der Waals surface area (Å²) in [4.78, 5) is 11.4. The van der Waals surface area contributed by atoms with Crippen LogP contribution in [-0.4, -0.2) is 0 Å². The molecule has 1 heterocycles. The Bertz CT molecular complexity index is 1120. The molecule has 3 aromatic carbocycles. The van der Waals surface area contributed by atoms with Crippen LogP contribution >= 0.6 is 0 Å². The van der Waals surface area contributed by atoms with E-state index in [0.717, 1.165) is 22.8 Å². The number of fused-ring (bicyclic) bond motifs is 1. The Kier molecular flexibility index (Phi) is 6.01. The smallest absolute Gasteiger partial charge is 0.872 e. The standard InChI is InChI=1S/C22H16O4.Na/c23-20-13-22(24)26-21-12-17(10-11-19(20)21)25-14-16-8-4-5-9-18(16)15-6-2-1-3-7-15;/h1-13,23H,14H2;/q;+1/p-1. The number of ether oxygens (including phenoxy) is 1. The SMILES string of the molecule is O=c1cc([O-])c2ccc(OCc3ccccc3-c3ccccc3)cc2o1.[Na+]. The van der Waals surface area contributed by atoms with Crippen LogP contribution in [0.2, 0.25) is 0 Å². The van der Waals surface area contributed by atoms with E-state index in [-0.39, 0.29) is 40.9 Å².